The van der Waals surface area contributed by atoms with Crippen molar-refractivity contribution in [2.75, 3.05) is 6.61 Å². The van der Waals surface area contributed by atoms with Crippen LogP contribution in [0.25, 0.3) is 0 Å². The third kappa shape index (κ3) is 5.41. The molecule has 164 valence electrons. The first-order valence-corrected chi connectivity index (χ1v) is 10.9. The van der Waals surface area contributed by atoms with Crippen molar-refractivity contribution < 1.29 is 23.9 Å². The summed E-state index contributed by atoms with van der Waals surface area (Å²) in [4.78, 5) is 38.7. The molecule has 1 saturated heterocycles. The highest BCUT2D eigenvalue weighted by Gasteiger charge is 2.48. The van der Waals surface area contributed by atoms with E-state index in [1.165, 1.54) is 4.90 Å². The first kappa shape index (κ1) is 22.3. The first-order chi connectivity index (χ1) is 14.1. The molecule has 3 rings (SSSR count). The Morgan fingerprint density at radius 3 is 2.50 bits per heavy atom. The highest BCUT2D eigenvalue weighted by atomic mass is 16.6. The van der Waals surface area contributed by atoms with E-state index >= 15 is 0 Å². The Balaban J connectivity index is 1.51. The smallest absolute Gasteiger partial charge is 0.416 e. The van der Waals surface area contributed by atoms with Crippen molar-refractivity contribution in [1.29, 1.82) is 0 Å². The number of cyclic esters (lactones) is 1. The van der Waals surface area contributed by atoms with Crippen LogP contribution in [-0.2, 0) is 25.5 Å². The monoisotopic (exact) mass is 415 g/mol. The lowest BCUT2D eigenvalue weighted by atomic mass is 9.96. The van der Waals surface area contributed by atoms with Crippen LogP contribution in [0.1, 0.15) is 65.4 Å². The second-order valence-electron chi connectivity index (χ2n) is 9.74. The normalized spacial score (nSPS) is 21.1. The molecule has 0 aromatic heterocycles. The van der Waals surface area contributed by atoms with Crippen LogP contribution in [0.15, 0.2) is 30.3 Å². The number of amides is 2. The van der Waals surface area contributed by atoms with E-state index < -0.39 is 11.5 Å². The number of ether oxygens (including phenoxy) is 2. The lowest BCUT2D eigenvalue weighted by Crippen LogP contribution is -2.43. The zero-order chi connectivity index (χ0) is 21.9. The van der Waals surface area contributed by atoms with E-state index in [1.807, 2.05) is 58.0 Å². The van der Waals surface area contributed by atoms with Gasteiger partial charge in [0.1, 0.15) is 12.2 Å². The molecule has 0 radical (unpaired) electrons. The van der Waals surface area contributed by atoms with E-state index in [1.54, 1.807) is 0 Å². The van der Waals surface area contributed by atoms with Gasteiger partial charge in [-0.3, -0.25) is 9.59 Å². The summed E-state index contributed by atoms with van der Waals surface area (Å²) >= 11 is 0. The molecule has 1 aromatic rings. The number of imide groups is 1. The minimum Gasteiger partial charge on any atom is -0.459 e. The van der Waals surface area contributed by atoms with Gasteiger partial charge in [-0.2, -0.15) is 0 Å². The average molecular weight is 416 g/mol. The SMILES string of the molecule is C[C@@H](CCCC1(OC(=O)C(C)(C)C)CC1)C(=O)N1C(=O)OC[C@@H]1Cc1ccccc1. The van der Waals surface area contributed by atoms with Crippen LogP contribution >= 0.6 is 0 Å². The molecule has 1 aliphatic heterocycles. The summed E-state index contributed by atoms with van der Waals surface area (Å²) in [5, 5.41) is 0. The molecular weight excluding hydrogens is 382 g/mol. The van der Waals surface area contributed by atoms with Crippen molar-refractivity contribution in [3.63, 3.8) is 0 Å². The van der Waals surface area contributed by atoms with Gasteiger partial charge in [-0.25, -0.2) is 9.69 Å². The van der Waals surface area contributed by atoms with Crippen LogP contribution in [0.4, 0.5) is 4.79 Å². The number of carbonyl (C=O) groups is 3. The molecule has 1 heterocycles. The maximum absolute atomic E-state index is 13.0. The first-order valence-electron chi connectivity index (χ1n) is 10.9. The summed E-state index contributed by atoms with van der Waals surface area (Å²) in [5.74, 6) is -0.648. The van der Waals surface area contributed by atoms with Gasteiger partial charge < -0.3 is 9.47 Å². The van der Waals surface area contributed by atoms with E-state index in [4.69, 9.17) is 9.47 Å². The standard InChI is InChI=1S/C24H33NO5/c1-17(9-8-12-24(13-14-24)30-21(27)23(2,3)4)20(26)25-19(16-29-22(25)28)15-18-10-6-5-7-11-18/h5-7,10-11,17,19H,8-9,12-16H2,1-4H3/t17-,19-/m0/s1. The minimum absolute atomic E-state index is 0.173. The lowest BCUT2D eigenvalue weighted by molar-refractivity contribution is -0.161. The molecule has 2 aliphatic rings. The highest BCUT2D eigenvalue weighted by Crippen LogP contribution is 2.45. The van der Waals surface area contributed by atoms with Crippen molar-refractivity contribution >= 4 is 18.0 Å². The van der Waals surface area contributed by atoms with E-state index in [2.05, 4.69) is 0 Å². The zero-order valence-corrected chi connectivity index (χ0v) is 18.5. The number of rotatable bonds is 8. The summed E-state index contributed by atoms with van der Waals surface area (Å²) in [6.45, 7) is 7.65. The van der Waals surface area contributed by atoms with E-state index in [-0.39, 0.29) is 36.0 Å². The highest BCUT2D eigenvalue weighted by molar-refractivity contribution is 5.94. The van der Waals surface area contributed by atoms with Crippen LogP contribution in [0.2, 0.25) is 0 Å². The molecule has 0 spiro atoms. The van der Waals surface area contributed by atoms with Gasteiger partial charge in [-0.15, -0.1) is 0 Å². The fourth-order valence-electron chi connectivity index (χ4n) is 3.75. The predicted molar refractivity (Wildman–Crippen MR) is 113 cm³/mol. The second kappa shape index (κ2) is 8.78. The van der Waals surface area contributed by atoms with E-state index in [0.29, 0.717) is 12.8 Å². The molecule has 6 nitrogen and oxygen atoms in total. The molecule has 30 heavy (non-hydrogen) atoms. The summed E-state index contributed by atoms with van der Waals surface area (Å²) in [6, 6.07) is 9.54. The Morgan fingerprint density at radius 2 is 1.90 bits per heavy atom. The molecule has 1 aromatic carbocycles. The second-order valence-corrected chi connectivity index (χ2v) is 9.74. The molecule has 2 fully saturated rings. The van der Waals surface area contributed by atoms with Gasteiger partial charge in [0.05, 0.1) is 11.5 Å². The maximum atomic E-state index is 13.0. The molecule has 1 aliphatic carbocycles. The molecule has 0 bridgehead atoms. The van der Waals surface area contributed by atoms with Crippen molar-refractivity contribution in [3.8, 4) is 0 Å². The molecule has 6 heteroatoms. The largest absolute Gasteiger partial charge is 0.459 e. The molecule has 0 unspecified atom stereocenters. The number of esters is 1. The Bertz CT molecular complexity index is 779. The summed E-state index contributed by atoms with van der Waals surface area (Å²) in [5.41, 5.74) is 0.209. The third-order valence-corrected chi connectivity index (χ3v) is 5.93. The summed E-state index contributed by atoms with van der Waals surface area (Å²) in [6.07, 6.45) is 3.99. The fraction of sp³-hybridized carbons (Fsp3) is 0.625. The quantitative estimate of drug-likeness (QED) is 0.584. The van der Waals surface area contributed by atoms with E-state index in [9.17, 15) is 14.4 Å². The minimum atomic E-state index is -0.550. The Hall–Kier alpha value is -2.37. The van der Waals surface area contributed by atoms with Gasteiger partial charge in [-0.1, -0.05) is 37.3 Å². The van der Waals surface area contributed by atoms with Crippen LogP contribution in [0.3, 0.4) is 0 Å². The molecule has 2 atom stereocenters. The molecule has 0 N–H and O–H groups in total. The summed E-state index contributed by atoms with van der Waals surface area (Å²) < 4.78 is 10.9. The third-order valence-electron chi connectivity index (χ3n) is 5.93. The molecule has 1 saturated carbocycles. The van der Waals surface area contributed by atoms with Gasteiger partial charge in [0.2, 0.25) is 5.91 Å². The predicted octanol–water partition coefficient (Wildman–Crippen LogP) is 4.50. The van der Waals surface area contributed by atoms with Crippen molar-refractivity contribution in [2.24, 2.45) is 11.3 Å². The topological polar surface area (TPSA) is 72.9 Å². The van der Waals surface area contributed by atoms with Gasteiger partial charge in [-0.05, 0) is 64.9 Å². The number of benzene rings is 1. The van der Waals surface area contributed by atoms with Gasteiger partial charge in [0, 0.05) is 5.92 Å². The van der Waals surface area contributed by atoms with Gasteiger partial charge in [0.25, 0.3) is 0 Å². The Kier molecular flexibility index (Phi) is 6.53. The maximum Gasteiger partial charge on any atom is 0.416 e. The molecule has 2 amide bonds. The van der Waals surface area contributed by atoms with Crippen LogP contribution in [-0.4, -0.2) is 41.1 Å². The van der Waals surface area contributed by atoms with Crippen molar-refractivity contribution in [1.82, 2.24) is 4.90 Å². The number of nitrogens with zero attached hydrogens (tertiary/aromatic N) is 1. The fourth-order valence-corrected chi connectivity index (χ4v) is 3.75. The number of hydrogen-bond acceptors (Lipinski definition) is 5. The Morgan fingerprint density at radius 1 is 1.23 bits per heavy atom. The van der Waals surface area contributed by atoms with Crippen LogP contribution < -0.4 is 0 Å². The lowest BCUT2D eigenvalue weighted by Gasteiger charge is -2.25. The Labute approximate surface area is 178 Å². The number of carbonyl (C=O) groups excluding carboxylic acids is 3. The van der Waals surface area contributed by atoms with Crippen molar-refractivity contribution in [3.05, 3.63) is 35.9 Å². The van der Waals surface area contributed by atoms with Gasteiger partial charge in [0.15, 0.2) is 0 Å². The number of hydrogen-bond donors (Lipinski definition) is 0. The van der Waals surface area contributed by atoms with E-state index in [0.717, 1.165) is 31.2 Å². The average Bonchev–Trinajstić information content (AvgIpc) is 3.35. The van der Waals surface area contributed by atoms with Gasteiger partial charge >= 0.3 is 12.1 Å². The molecular formula is C24H33NO5. The van der Waals surface area contributed by atoms with Crippen LogP contribution in [0, 0.1) is 11.3 Å². The summed E-state index contributed by atoms with van der Waals surface area (Å²) in [7, 11) is 0. The van der Waals surface area contributed by atoms with Crippen molar-refractivity contribution in [2.45, 2.75) is 77.9 Å². The zero-order valence-electron chi connectivity index (χ0n) is 18.5. The van der Waals surface area contributed by atoms with Crippen LogP contribution in [0.5, 0.6) is 0 Å².